The zero-order valence-corrected chi connectivity index (χ0v) is 11.4. The zero-order valence-electron chi connectivity index (χ0n) is 11.4. The lowest BCUT2D eigenvalue weighted by atomic mass is 10.0. The number of hydrogen-bond donors (Lipinski definition) is 1. The van der Waals surface area contributed by atoms with Gasteiger partial charge in [0.2, 0.25) is 0 Å². The van der Waals surface area contributed by atoms with Gasteiger partial charge in [-0.15, -0.1) is 0 Å². The van der Waals surface area contributed by atoms with E-state index >= 15 is 0 Å². The number of nitrogens with one attached hydrogen (secondary N) is 1. The molecule has 19 heavy (non-hydrogen) atoms. The molecule has 1 saturated heterocycles. The third-order valence-corrected chi connectivity index (χ3v) is 3.60. The molecule has 1 aromatic rings. The highest BCUT2D eigenvalue weighted by atomic mass is 16.6. The van der Waals surface area contributed by atoms with Gasteiger partial charge in [-0.2, -0.15) is 0 Å². The Kier molecular flexibility index (Phi) is 4.31. The molecule has 1 N–H and O–H groups in total. The quantitative estimate of drug-likeness (QED) is 0.664. The number of anilines is 1. The molecule has 1 aliphatic rings. The van der Waals surface area contributed by atoms with Gasteiger partial charge in [-0.05, 0) is 39.3 Å². The number of likely N-dealkylation sites (N-methyl/N-ethyl adjacent to an activating group) is 1. The maximum absolute atomic E-state index is 10.8. The minimum Gasteiger partial charge on any atom is -0.352 e. The lowest BCUT2D eigenvalue weighted by Crippen LogP contribution is -2.45. The number of pyridine rings is 1. The zero-order chi connectivity index (χ0) is 13.8. The van der Waals surface area contributed by atoms with Gasteiger partial charge < -0.3 is 10.2 Å². The number of nitrogens with zero attached hydrogens (tertiary/aromatic N) is 3. The van der Waals surface area contributed by atoms with Crippen molar-refractivity contribution < 1.29 is 4.92 Å². The van der Waals surface area contributed by atoms with Crippen LogP contribution >= 0.6 is 0 Å². The van der Waals surface area contributed by atoms with E-state index in [1.165, 1.54) is 6.42 Å². The number of rotatable bonds is 4. The van der Waals surface area contributed by atoms with Crippen molar-refractivity contribution in [3.8, 4) is 0 Å². The summed E-state index contributed by atoms with van der Waals surface area (Å²) in [5.41, 5.74) is 0.571. The minimum atomic E-state index is -0.382. The summed E-state index contributed by atoms with van der Waals surface area (Å²) in [6, 6.07) is 3.74. The second-order valence-corrected chi connectivity index (χ2v) is 4.93. The largest absolute Gasteiger partial charge is 0.352 e. The van der Waals surface area contributed by atoms with Crippen LogP contribution < -0.4 is 10.2 Å². The van der Waals surface area contributed by atoms with Crippen LogP contribution in [0, 0.1) is 17.0 Å². The fraction of sp³-hybridized carbons (Fsp3) is 0.615. The van der Waals surface area contributed by atoms with E-state index in [1.807, 2.05) is 7.05 Å². The summed E-state index contributed by atoms with van der Waals surface area (Å²) in [6.07, 6.45) is 3.52. The monoisotopic (exact) mass is 264 g/mol. The van der Waals surface area contributed by atoms with E-state index in [2.05, 4.69) is 15.2 Å². The molecule has 0 aliphatic carbocycles. The fourth-order valence-electron chi connectivity index (χ4n) is 2.64. The summed E-state index contributed by atoms with van der Waals surface area (Å²) >= 11 is 0. The Balaban J connectivity index is 2.24. The van der Waals surface area contributed by atoms with Gasteiger partial charge in [0.25, 0.3) is 5.69 Å². The molecule has 1 aromatic heterocycles. The summed E-state index contributed by atoms with van der Waals surface area (Å²) in [5, 5.41) is 14.0. The molecule has 0 amide bonds. The van der Waals surface area contributed by atoms with Crippen molar-refractivity contribution in [2.45, 2.75) is 32.2 Å². The second kappa shape index (κ2) is 5.97. The van der Waals surface area contributed by atoms with Crippen LogP contribution in [0.2, 0.25) is 0 Å². The van der Waals surface area contributed by atoms with Crippen molar-refractivity contribution in [1.82, 2.24) is 10.3 Å². The van der Waals surface area contributed by atoms with Gasteiger partial charge >= 0.3 is 0 Å². The molecule has 2 heterocycles. The van der Waals surface area contributed by atoms with Crippen LogP contribution in [-0.4, -0.2) is 36.1 Å². The van der Waals surface area contributed by atoms with E-state index in [0.29, 0.717) is 11.7 Å². The first-order valence-electron chi connectivity index (χ1n) is 6.66. The molecule has 1 fully saturated rings. The van der Waals surface area contributed by atoms with E-state index in [-0.39, 0.29) is 10.6 Å². The van der Waals surface area contributed by atoms with Crippen LogP contribution in [0.5, 0.6) is 0 Å². The Hall–Kier alpha value is -1.69. The highest BCUT2D eigenvalue weighted by Crippen LogP contribution is 2.26. The van der Waals surface area contributed by atoms with Gasteiger partial charge in [-0.25, -0.2) is 4.98 Å². The van der Waals surface area contributed by atoms with Crippen molar-refractivity contribution in [3.05, 3.63) is 27.9 Å². The first-order valence-corrected chi connectivity index (χ1v) is 6.66. The van der Waals surface area contributed by atoms with E-state index < -0.39 is 0 Å². The highest BCUT2D eigenvalue weighted by molar-refractivity contribution is 5.47. The number of nitro groups is 1. The van der Waals surface area contributed by atoms with Crippen molar-refractivity contribution >= 4 is 11.5 Å². The van der Waals surface area contributed by atoms with Gasteiger partial charge in [0.1, 0.15) is 11.5 Å². The normalized spacial score (nSPS) is 19.5. The highest BCUT2D eigenvalue weighted by Gasteiger charge is 2.24. The van der Waals surface area contributed by atoms with Crippen LogP contribution in [0.4, 0.5) is 11.5 Å². The average molecular weight is 264 g/mol. The van der Waals surface area contributed by atoms with E-state index in [9.17, 15) is 10.1 Å². The second-order valence-electron chi connectivity index (χ2n) is 4.93. The first kappa shape index (κ1) is 13.7. The molecule has 2 rings (SSSR count). The molecule has 6 nitrogen and oxygen atoms in total. The lowest BCUT2D eigenvalue weighted by molar-refractivity contribution is -0.385. The Labute approximate surface area is 113 Å². The summed E-state index contributed by atoms with van der Waals surface area (Å²) in [6.45, 7) is 3.58. The molecule has 6 heteroatoms. The molecule has 1 aliphatic heterocycles. The van der Waals surface area contributed by atoms with Crippen LogP contribution in [-0.2, 0) is 0 Å². The molecule has 0 aromatic carbocycles. The fourth-order valence-corrected chi connectivity index (χ4v) is 2.64. The predicted molar refractivity (Wildman–Crippen MR) is 74.5 cm³/mol. The molecular weight excluding hydrogens is 244 g/mol. The maximum Gasteiger partial charge on any atom is 0.290 e. The van der Waals surface area contributed by atoms with Crippen LogP contribution in [0.25, 0.3) is 0 Å². The van der Waals surface area contributed by atoms with Gasteiger partial charge in [0, 0.05) is 25.2 Å². The Morgan fingerprint density at radius 3 is 2.95 bits per heavy atom. The van der Waals surface area contributed by atoms with Gasteiger partial charge in [0.15, 0.2) is 0 Å². The van der Waals surface area contributed by atoms with E-state index in [4.69, 9.17) is 0 Å². The molecule has 0 bridgehead atoms. The van der Waals surface area contributed by atoms with Gasteiger partial charge in [0.05, 0.1) is 4.92 Å². The standard InChI is InChI=1S/C13H20N4O2/c1-10-12(17(18)19)6-7-13(15-10)16-8-4-3-5-11(16)9-14-2/h6-7,11,14H,3-5,8-9H2,1-2H3. The van der Waals surface area contributed by atoms with Crippen molar-refractivity contribution in [2.75, 3.05) is 25.0 Å². The van der Waals surface area contributed by atoms with E-state index in [0.717, 1.165) is 31.7 Å². The topological polar surface area (TPSA) is 71.3 Å². The number of aromatic nitrogens is 1. The van der Waals surface area contributed by atoms with Crippen molar-refractivity contribution in [1.29, 1.82) is 0 Å². The molecule has 0 saturated carbocycles. The number of aryl methyl sites for hydroxylation is 1. The third-order valence-electron chi connectivity index (χ3n) is 3.60. The predicted octanol–water partition coefficient (Wildman–Crippen LogP) is 1.88. The van der Waals surface area contributed by atoms with Gasteiger partial charge in [-0.3, -0.25) is 10.1 Å². The van der Waals surface area contributed by atoms with Crippen LogP contribution in [0.1, 0.15) is 25.0 Å². The molecule has 104 valence electrons. The van der Waals surface area contributed by atoms with Crippen molar-refractivity contribution in [3.63, 3.8) is 0 Å². The maximum atomic E-state index is 10.8. The molecule has 0 radical (unpaired) electrons. The smallest absolute Gasteiger partial charge is 0.290 e. The summed E-state index contributed by atoms with van der Waals surface area (Å²) in [4.78, 5) is 17.1. The lowest BCUT2D eigenvalue weighted by Gasteiger charge is -2.36. The third kappa shape index (κ3) is 3.01. The Bertz CT molecular complexity index is 462. The van der Waals surface area contributed by atoms with Crippen molar-refractivity contribution in [2.24, 2.45) is 0 Å². The Morgan fingerprint density at radius 2 is 2.32 bits per heavy atom. The number of hydrogen-bond acceptors (Lipinski definition) is 5. The SMILES string of the molecule is CNCC1CCCCN1c1ccc([N+](=O)[O-])c(C)n1. The molecule has 0 spiro atoms. The Morgan fingerprint density at radius 1 is 1.53 bits per heavy atom. The minimum absolute atomic E-state index is 0.0888. The molecule has 1 atom stereocenters. The van der Waals surface area contributed by atoms with Crippen LogP contribution in [0.15, 0.2) is 12.1 Å². The summed E-state index contributed by atoms with van der Waals surface area (Å²) < 4.78 is 0. The average Bonchev–Trinajstić information content (AvgIpc) is 2.39. The summed E-state index contributed by atoms with van der Waals surface area (Å²) in [7, 11) is 1.95. The first-order chi connectivity index (χ1) is 9.13. The molecule has 1 unspecified atom stereocenters. The molecular formula is C13H20N4O2. The van der Waals surface area contributed by atoms with Gasteiger partial charge in [-0.1, -0.05) is 0 Å². The van der Waals surface area contributed by atoms with E-state index in [1.54, 1.807) is 19.1 Å². The summed E-state index contributed by atoms with van der Waals surface area (Å²) in [5.74, 6) is 0.850. The number of piperidine rings is 1. The van der Waals surface area contributed by atoms with Crippen LogP contribution in [0.3, 0.4) is 0 Å².